The zero-order valence-corrected chi connectivity index (χ0v) is 10.6. The van der Waals surface area contributed by atoms with Gasteiger partial charge >= 0.3 is 4.94 Å². The Bertz CT molecular complexity index is 837. The largest absolute Gasteiger partial charge is 0.439 e. The maximum absolute atomic E-state index is 11.1. The number of aromatic nitrogens is 1. The zero-order chi connectivity index (χ0) is 14.1. The van der Waals surface area contributed by atoms with Gasteiger partial charge in [0.1, 0.15) is 11.9 Å². The summed E-state index contributed by atoms with van der Waals surface area (Å²) in [5, 5.41) is 10.5. The fourth-order valence-corrected chi connectivity index (χ4v) is 2.23. The SMILES string of the molecule is O=c1oc2cc(Oc3ccc([N+](=O)[O-])cn3)ccc2s1. The third-order valence-electron chi connectivity index (χ3n) is 2.46. The first-order valence-corrected chi connectivity index (χ1v) is 6.25. The molecule has 7 nitrogen and oxygen atoms in total. The fraction of sp³-hybridized carbons (Fsp3) is 0. The highest BCUT2D eigenvalue weighted by atomic mass is 32.1. The molecule has 0 atom stereocenters. The van der Waals surface area contributed by atoms with Crippen LogP contribution in [0.5, 0.6) is 11.6 Å². The summed E-state index contributed by atoms with van der Waals surface area (Å²) in [5.74, 6) is 0.646. The van der Waals surface area contributed by atoms with Crippen LogP contribution in [0.4, 0.5) is 5.69 Å². The molecule has 0 N–H and O–H groups in total. The summed E-state index contributed by atoms with van der Waals surface area (Å²) in [4.78, 5) is 24.5. The van der Waals surface area contributed by atoms with Gasteiger partial charge in [0.15, 0.2) is 5.58 Å². The summed E-state index contributed by atoms with van der Waals surface area (Å²) in [6, 6.07) is 7.62. The zero-order valence-electron chi connectivity index (χ0n) is 9.81. The molecule has 0 aliphatic carbocycles. The van der Waals surface area contributed by atoms with Gasteiger partial charge in [-0.15, -0.1) is 0 Å². The van der Waals surface area contributed by atoms with Gasteiger partial charge in [-0.3, -0.25) is 10.1 Å². The average molecular weight is 290 g/mol. The standard InChI is InChI=1S/C12H6N2O5S/c15-12-19-9-5-8(2-3-10(9)20-12)18-11-4-1-7(6-13-11)14(16)17/h1-6H. The highest BCUT2D eigenvalue weighted by molar-refractivity contribution is 7.16. The molecule has 0 fully saturated rings. The van der Waals surface area contributed by atoms with Crippen molar-refractivity contribution in [1.82, 2.24) is 4.98 Å². The first kappa shape index (κ1) is 12.3. The van der Waals surface area contributed by atoms with Gasteiger partial charge in [0, 0.05) is 18.2 Å². The molecule has 0 aliphatic heterocycles. The van der Waals surface area contributed by atoms with Crippen LogP contribution >= 0.6 is 11.3 Å². The first-order chi connectivity index (χ1) is 9.61. The van der Waals surface area contributed by atoms with Gasteiger partial charge in [-0.05, 0) is 12.1 Å². The third-order valence-corrected chi connectivity index (χ3v) is 3.26. The fourth-order valence-electron chi connectivity index (χ4n) is 1.58. The highest BCUT2D eigenvalue weighted by Crippen LogP contribution is 2.26. The molecule has 1 aromatic carbocycles. The molecule has 3 aromatic rings. The van der Waals surface area contributed by atoms with Crippen LogP contribution in [0.15, 0.2) is 45.7 Å². The Morgan fingerprint density at radius 1 is 1.30 bits per heavy atom. The number of nitro groups is 1. The summed E-state index contributed by atoms with van der Waals surface area (Å²) >= 11 is 1.00. The van der Waals surface area contributed by atoms with Crippen LogP contribution in [-0.2, 0) is 0 Å². The van der Waals surface area contributed by atoms with Crippen LogP contribution in [0.2, 0.25) is 0 Å². The van der Waals surface area contributed by atoms with E-state index in [1.807, 2.05) is 0 Å². The van der Waals surface area contributed by atoms with E-state index in [1.165, 1.54) is 12.1 Å². The second-order valence-electron chi connectivity index (χ2n) is 3.78. The molecule has 0 saturated carbocycles. The quantitative estimate of drug-likeness (QED) is 0.543. The molecule has 2 heterocycles. The number of nitrogens with zero attached hydrogens (tertiary/aromatic N) is 2. The number of benzene rings is 1. The Morgan fingerprint density at radius 3 is 2.85 bits per heavy atom. The lowest BCUT2D eigenvalue weighted by Gasteiger charge is -2.03. The number of fused-ring (bicyclic) bond motifs is 1. The molecule has 0 unspecified atom stereocenters. The summed E-state index contributed by atoms with van der Waals surface area (Å²) in [6.45, 7) is 0. The van der Waals surface area contributed by atoms with E-state index in [0.29, 0.717) is 11.3 Å². The number of rotatable bonds is 3. The molecule has 0 bridgehead atoms. The van der Waals surface area contributed by atoms with Crippen molar-refractivity contribution in [1.29, 1.82) is 0 Å². The normalized spacial score (nSPS) is 10.6. The summed E-state index contributed by atoms with van der Waals surface area (Å²) < 4.78 is 11.1. The predicted octanol–water partition coefficient (Wildman–Crippen LogP) is 2.95. The molecule has 8 heteroatoms. The lowest BCUT2D eigenvalue weighted by molar-refractivity contribution is -0.385. The molecular weight excluding hydrogens is 284 g/mol. The van der Waals surface area contributed by atoms with Crippen LogP contribution in [-0.4, -0.2) is 9.91 Å². The molecule has 3 rings (SSSR count). The molecule has 0 amide bonds. The van der Waals surface area contributed by atoms with Gasteiger partial charge in [0.05, 0.1) is 9.62 Å². The van der Waals surface area contributed by atoms with E-state index in [1.54, 1.807) is 18.2 Å². The van der Waals surface area contributed by atoms with Crippen LogP contribution in [0.1, 0.15) is 0 Å². The number of hydrogen-bond acceptors (Lipinski definition) is 7. The predicted molar refractivity (Wildman–Crippen MR) is 71.3 cm³/mol. The molecule has 0 radical (unpaired) electrons. The van der Waals surface area contributed by atoms with Crippen LogP contribution in [0, 0.1) is 10.1 Å². The lowest BCUT2D eigenvalue weighted by atomic mass is 10.3. The van der Waals surface area contributed by atoms with E-state index >= 15 is 0 Å². The van der Waals surface area contributed by atoms with Crippen molar-refractivity contribution in [2.75, 3.05) is 0 Å². The monoisotopic (exact) mass is 290 g/mol. The van der Waals surface area contributed by atoms with E-state index in [9.17, 15) is 14.9 Å². The minimum atomic E-state index is -0.539. The lowest BCUT2D eigenvalue weighted by Crippen LogP contribution is -1.91. The molecule has 20 heavy (non-hydrogen) atoms. The maximum Gasteiger partial charge on any atom is 0.396 e. The number of ether oxygens (including phenoxy) is 1. The molecule has 0 saturated heterocycles. The number of hydrogen-bond donors (Lipinski definition) is 0. The van der Waals surface area contributed by atoms with E-state index in [0.717, 1.165) is 22.2 Å². The second-order valence-corrected chi connectivity index (χ2v) is 4.75. The molecule has 2 aromatic heterocycles. The Kier molecular flexibility index (Phi) is 2.92. The van der Waals surface area contributed by atoms with Crippen molar-refractivity contribution in [3.05, 3.63) is 56.4 Å². The van der Waals surface area contributed by atoms with Gasteiger partial charge in [-0.2, -0.15) is 0 Å². The summed E-state index contributed by atoms with van der Waals surface area (Å²) in [7, 11) is 0. The smallest absolute Gasteiger partial charge is 0.396 e. The van der Waals surface area contributed by atoms with Crippen LogP contribution < -0.4 is 9.68 Å². The maximum atomic E-state index is 11.1. The Balaban J connectivity index is 1.88. The van der Waals surface area contributed by atoms with Crippen molar-refractivity contribution >= 4 is 27.3 Å². The van der Waals surface area contributed by atoms with Gasteiger partial charge in [-0.25, -0.2) is 9.78 Å². The van der Waals surface area contributed by atoms with Crippen molar-refractivity contribution in [3.8, 4) is 11.6 Å². The van der Waals surface area contributed by atoms with Gasteiger partial charge in [0.2, 0.25) is 5.88 Å². The van der Waals surface area contributed by atoms with Gasteiger partial charge in [0.25, 0.3) is 5.69 Å². The molecule has 100 valence electrons. The van der Waals surface area contributed by atoms with E-state index in [-0.39, 0.29) is 16.5 Å². The average Bonchev–Trinajstić information content (AvgIpc) is 2.78. The van der Waals surface area contributed by atoms with E-state index in [4.69, 9.17) is 9.15 Å². The molecule has 0 aliphatic rings. The highest BCUT2D eigenvalue weighted by Gasteiger charge is 2.08. The summed E-state index contributed by atoms with van der Waals surface area (Å²) in [6.07, 6.45) is 1.11. The first-order valence-electron chi connectivity index (χ1n) is 5.44. The number of pyridine rings is 1. The second kappa shape index (κ2) is 4.74. The van der Waals surface area contributed by atoms with Gasteiger partial charge in [-0.1, -0.05) is 11.3 Å². The Labute approximate surface area is 115 Å². The topological polar surface area (TPSA) is 95.5 Å². The minimum absolute atomic E-state index is 0.114. The van der Waals surface area contributed by atoms with Crippen LogP contribution in [0.25, 0.3) is 10.3 Å². The molecular formula is C12H6N2O5S. The summed E-state index contributed by atoms with van der Waals surface area (Å²) in [5.41, 5.74) is 0.316. The van der Waals surface area contributed by atoms with E-state index in [2.05, 4.69) is 4.98 Å². The minimum Gasteiger partial charge on any atom is -0.439 e. The van der Waals surface area contributed by atoms with E-state index < -0.39 is 4.92 Å². The Morgan fingerprint density at radius 2 is 2.15 bits per heavy atom. The van der Waals surface area contributed by atoms with Crippen molar-refractivity contribution in [2.45, 2.75) is 0 Å². The van der Waals surface area contributed by atoms with Crippen LogP contribution in [0.3, 0.4) is 0 Å². The van der Waals surface area contributed by atoms with Crippen molar-refractivity contribution < 1.29 is 14.1 Å². The third kappa shape index (κ3) is 2.36. The Hall–Kier alpha value is -2.74. The van der Waals surface area contributed by atoms with Crippen molar-refractivity contribution in [2.24, 2.45) is 0 Å². The van der Waals surface area contributed by atoms with Gasteiger partial charge < -0.3 is 9.15 Å². The molecule has 0 spiro atoms. The van der Waals surface area contributed by atoms with Crippen molar-refractivity contribution in [3.63, 3.8) is 0 Å².